The van der Waals surface area contributed by atoms with E-state index < -0.39 is 11.4 Å². The smallest absolute Gasteiger partial charge is 0.311 e. The highest BCUT2D eigenvalue weighted by Gasteiger charge is 2.45. The van der Waals surface area contributed by atoms with Crippen LogP contribution >= 0.6 is 22.9 Å². The van der Waals surface area contributed by atoms with Crippen LogP contribution in [0, 0.1) is 5.41 Å². The third-order valence-corrected chi connectivity index (χ3v) is 4.95. The number of carbonyl (C=O) groups is 2. The Morgan fingerprint density at radius 2 is 2.30 bits per heavy atom. The molecule has 0 aromatic carbocycles. The normalized spacial score (nSPS) is 26.0. The van der Waals surface area contributed by atoms with Crippen molar-refractivity contribution >= 4 is 40.9 Å². The molecular weight excluding hydrogens is 298 g/mol. The van der Waals surface area contributed by atoms with Gasteiger partial charge in [0.15, 0.2) is 0 Å². The molecule has 2 N–H and O–H groups in total. The summed E-state index contributed by atoms with van der Waals surface area (Å²) in [6.07, 6.45) is 5.21. The maximum Gasteiger partial charge on any atom is 0.311 e. The molecule has 1 aliphatic carbocycles. The number of halogens is 1. The molecule has 1 fully saturated rings. The first-order valence-electron chi connectivity index (χ1n) is 6.39. The van der Waals surface area contributed by atoms with Crippen LogP contribution in [0.15, 0.2) is 18.2 Å². The van der Waals surface area contributed by atoms with Gasteiger partial charge in [-0.25, -0.2) is 0 Å². The van der Waals surface area contributed by atoms with Gasteiger partial charge in [-0.05, 0) is 38.0 Å². The zero-order valence-corrected chi connectivity index (χ0v) is 12.6. The Morgan fingerprint density at radius 1 is 1.55 bits per heavy atom. The molecule has 1 amide bonds. The van der Waals surface area contributed by atoms with Crippen LogP contribution in [-0.4, -0.2) is 23.0 Å². The molecule has 0 spiro atoms. The molecule has 1 heterocycles. The molecule has 6 heteroatoms. The van der Waals surface area contributed by atoms with Gasteiger partial charge in [0.25, 0.3) is 0 Å². The molecule has 108 valence electrons. The van der Waals surface area contributed by atoms with Gasteiger partial charge in [-0.15, -0.1) is 11.3 Å². The van der Waals surface area contributed by atoms with E-state index in [0.29, 0.717) is 17.2 Å². The standard InChI is InChI=1S/C14H16ClNO3S/c1-14(13(18)19)8-2-3-10(14)16-12(17)7-5-9-4-6-11(15)20-9/h4-7,10H,2-3,8H2,1H3,(H,16,17)(H,18,19)/b7-5+. The molecule has 1 aromatic heterocycles. The van der Waals surface area contributed by atoms with Crippen LogP contribution in [0.3, 0.4) is 0 Å². The van der Waals surface area contributed by atoms with E-state index in [9.17, 15) is 14.7 Å². The van der Waals surface area contributed by atoms with Crippen LogP contribution in [0.1, 0.15) is 31.1 Å². The Morgan fingerprint density at radius 3 is 2.90 bits per heavy atom. The Labute approximate surface area is 126 Å². The number of carbonyl (C=O) groups excluding carboxylic acids is 1. The van der Waals surface area contributed by atoms with Gasteiger partial charge in [0.2, 0.25) is 5.91 Å². The fourth-order valence-electron chi connectivity index (χ4n) is 2.45. The summed E-state index contributed by atoms with van der Waals surface area (Å²) < 4.78 is 0.666. The van der Waals surface area contributed by atoms with E-state index in [0.717, 1.165) is 11.3 Å². The van der Waals surface area contributed by atoms with Crippen molar-refractivity contribution in [1.82, 2.24) is 5.32 Å². The van der Waals surface area contributed by atoms with Gasteiger partial charge >= 0.3 is 5.97 Å². The maximum absolute atomic E-state index is 11.9. The fourth-order valence-corrected chi connectivity index (χ4v) is 3.41. The summed E-state index contributed by atoms with van der Waals surface area (Å²) in [5, 5.41) is 12.1. The lowest BCUT2D eigenvalue weighted by atomic mass is 9.85. The summed E-state index contributed by atoms with van der Waals surface area (Å²) in [6.45, 7) is 1.69. The molecule has 0 radical (unpaired) electrons. The first-order chi connectivity index (χ1) is 9.41. The molecule has 1 saturated carbocycles. The van der Waals surface area contributed by atoms with E-state index in [2.05, 4.69) is 5.32 Å². The SMILES string of the molecule is CC1(C(=O)O)CCCC1NC(=O)/C=C/c1ccc(Cl)s1. The molecule has 4 nitrogen and oxygen atoms in total. The van der Waals surface area contributed by atoms with Crippen molar-refractivity contribution in [3.63, 3.8) is 0 Å². The summed E-state index contributed by atoms with van der Waals surface area (Å²) in [6, 6.07) is 3.28. The highest BCUT2D eigenvalue weighted by Crippen LogP contribution is 2.38. The molecule has 0 bridgehead atoms. The first kappa shape index (κ1) is 15.1. The van der Waals surface area contributed by atoms with Gasteiger partial charge in [-0.3, -0.25) is 9.59 Å². The summed E-state index contributed by atoms with van der Waals surface area (Å²) in [4.78, 5) is 24.1. The van der Waals surface area contributed by atoms with Crippen molar-refractivity contribution in [2.45, 2.75) is 32.2 Å². The van der Waals surface area contributed by atoms with Crippen LogP contribution in [0.4, 0.5) is 0 Å². The predicted molar refractivity (Wildman–Crippen MR) is 79.9 cm³/mol. The van der Waals surface area contributed by atoms with E-state index in [1.165, 1.54) is 17.4 Å². The largest absolute Gasteiger partial charge is 0.481 e. The van der Waals surface area contributed by atoms with Crippen LogP contribution in [0.2, 0.25) is 4.34 Å². The van der Waals surface area contributed by atoms with Gasteiger partial charge in [-0.1, -0.05) is 18.0 Å². The van der Waals surface area contributed by atoms with Crippen molar-refractivity contribution in [2.24, 2.45) is 5.41 Å². The van der Waals surface area contributed by atoms with Crippen molar-refractivity contribution < 1.29 is 14.7 Å². The van der Waals surface area contributed by atoms with Crippen molar-refractivity contribution in [3.05, 3.63) is 27.4 Å². The minimum absolute atomic E-state index is 0.270. The molecule has 1 aliphatic rings. The number of carboxylic acid groups (broad SMARTS) is 1. The predicted octanol–water partition coefficient (Wildman–Crippen LogP) is 3.17. The summed E-state index contributed by atoms with van der Waals surface area (Å²) in [5.74, 6) is -1.12. The summed E-state index contributed by atoms with van der Waals surface area (Å²) in [7, 11) is 0. The number of hydrogen-bond donors (Lipinski definition) is 2. The molecule has 0 saturated heterocycles. The van der Waals surface area contributed by atoms with E-state index in [1.807, 2.05) is 6.07 Å². The second-order valence-electron chi connectivity index (χ2n) is 5.15. The number of rotatable bonds is 4. The number of nitrogens with one attached hydrogen (secondary N) is 1. The fraction of sp³-hybridized carbons (Fsp3) is 0.429. The number of thiophene rings is 1. The minimum atomic E-state index is -0.865. The van der Waals surface area contributed by atoms with Gasteiger partial charge in [0.1, 0.15) is 0 Å². The van der Waals surface area contributed by atoms with Gasteiger partial charge in [0.05, 0.1) is 9.75 Å². The maximum atomic E-state index is 11.9. The average molecular weight is 314 g/mol. The third kappa shape index (κ3) is 3.22. The zero-order valence-electron chi connectivity index (χ0n) is 11.1. The monoisotopic (exact) mass is 313 g/mol. The van der Waals surface area contributed by atoms with Gasteiger partial charge in [0, 0.05) is 17.0 Å². The van der Waals surface area contributed by atoms with Crippen LogP contribution in [0.25, 0.3) is 6.08 Å². The number of aliphatic carboxylic acids is 1. The summed E-state index contributed by atoms with van der Waals surface area (Å²) >= 11 is 7.19. The summed E-state index contributed by atoms with van der Waals surface area (Å²) in [5.41, 5.74) is -0.865. The lowest BCUT2D eigenvalue weighted by Gasteiger charge is -2.27. The van der Waals surface area contributed by atoms with Crippen LogP contribution in [0.5, 0.6) is 0 Å². The topological polar surface area (TPSA) is 66.4 Å². The lowest BCUT2D eigenvalue weighted by Crippen LogP contribution is -2.46. The van der Waals surface area contributed by atoms with Crippen molar-refractivity contribution in [2.75, 3.05) is 0 Å². The molecule has 1 aromatic rings. The Balaban J connectivity index is 1.98. The first-order valence-corrected chi connectivity index (χ1v) is 7.58. The Hall–Kier alpha value is -1.33. The van der Waals surface area contributed by atoms with E-state index in [1.54, 1.807) is 19.1 Å². The highest BCUT2D eigenvalue weighted by molar-refractivity contribution is 7.17. The second kappa shape index (κ2) is 5.97. The molecule has 2 rings (SSSR count). The van der Waals surface area contributed by atoms with E-state index in [4.69, 9.17) is 11.6 Å². The Bertz CT molecular complexity index is 554. The quantitative estimate of drug-likeness (QED) is 0.839. The molecule has 20 heavy (non-hydrogen) atoms. The van der Waals surface area contributed by atoms with Gasteiger partial charge in [-0.2, -0.15) is 0 Å². The number of carboxylic acids is 1. The number of hydrogen-bond acceptors (Lipinski definition) is 3. The van der Waals surface area contributed by atoms with Crippen LogP contribution in [-0.2, 0) is 9.59 Å². The average Bonchev–Trinajstić information content (AvgIpc) is 2.95. The molecular formula is C14H16ClNO3S. The molecule has 2 unspecified atom stereocenters. The molecule has 0 aliphatic heterocycles. The van der Waals surface area contributed by atoms with E-state index >= 15 is 0 Å². The van der Waals surface area contributed by atoms with Gasteiger partial charge < -0.3 is 10.4 Å². The highest BCUT2D eigenvalue weighted by atomic mass is 35.5. The Kier molecular flexibility index (Phi) is 4.50. The number of amides is 1. The molecule has 2 atom stereocenters. The van der Waals surface area contributed by atoms with Crippen molar-refractivity contribution in [3.8, 4) is 0 Å². The van der Waals surface area contributed by atoms with Crippen molar-refractivity contribution in [1.29, 1.82) is 0 Å². The second-order valence-corrected chi connectivity index (χ2v) is 6.90. The van der Waals surface area contributed by atoms with Crippen LogP contribution < -0.4 is 5.32 Å². The van der Waals surface area contributed by atoms with E-state index in [-0.39, 0.29) is 11.9 Å². The minimum Gasteiger partial charge on any atom is -0.481 e. The lowest BCUT2D eigenvalue weighted by molar-refractivity contribution is -0.148. The zero-order chi connectivity index (χ0) is 14.8. The third-order valence-electron chi connectivity index (χ3n) is 3.76.